The zero-order valence-corrected chi connectivity index (χ0v) is 12.3. The highest BCUT2D eigenvalue weighted by Crippen LogP contribution is 2.19. The highest BCUT2D eigenvalue weighted by atomic mass is 32.2. The zero-order valence-electron chi connectivity index (χ0n) is 11.5. The van der Waals surface area contributed by atoms with Gasteiger partial charge in [0.05, 0.1) is 12.0 Å². The first-order valence-corrected chi connectivity index (χ1v) is 7.59. The Kier molecular flexibility index (Phi) is 4.29. The number of halogens is 1. The van der Waals surface area contributed by atoms with Crippen LogP contribution < -0.4 is 5.32 Å². The lowest BCUT2D eigenvalue weighted by atomic mass is 10.0. The summed E-state index contributed by atoms with van der Waals surface area (Å²) in [6.07, 6.45) is 1.62. The summed E-state index contributed by atoms with van der Waals surface area (Å²) < 4.78 is 12.9. The fourth-order valence-corrected chi connectivity index (χ4v) is 2.56. The molecule has 1 heterocycles. The van der Waals surface area contributed by atoms with Gasteiger partial charge in [0.2, 0.25) is 5.91 Å². The van der Waals surface area contributed by atoms with Gasteiger partial charge in [-0.25, -0.2) is 4.39 Å². The summed E-state index contributed by atoms with van der Waals surface area (Å²) in [7, 11) is 0. The zero-order chi connectivity index (χ0) is 15.4. The van der Waals surface area contributed by atoms with Crippen LogP contribution in [0.5, 0.6) is 0 Å². The van der Waals surface area contributed by atoms with Gasteiger partial charge in [-0.2, -0.15) is 5.10 Å². The van der Waals surface area contributed by atoms with Gasteiger partial charge in [0.15, 0.2) is 5.17 Å². The SMILES string of the molecule is O=C1CSC(=NN=Cc2ccc(-c3ccc(F)cc3)cc2)N1. The molecule has 1 fully saturated rings. The lowest BCUT2D eigenvalue weighted by Gasteiger charge is -2.01. The summed E-state index contributed by atoms with van der Waals surface area (Å²) in [6, 6.07) is 14.0. The Morgan fingerprint density at radius 3 is 2.27 bits per heavy atom. The van der Waals surface area contributed by atoms with Crippen molar-refractivity contribution in [2.45, 2.75) is 0 Å². The monoisotopic (exact) mass is 313 g/mol. The van der Waals surface area contributed by atoms with E-state index in [1.54, 1.807) is 18.3 Å². The summed E-state index contributed by atoms with van der Waals surface area (Å²) in [5.74, 6) is 0.0897. The van der Waals surface area contributed by atoms with Crippen molar-refractivity contribution in [2.75, 3.05) is 5.75 Å². The normalized spacial score (nSPS) is 16.4. The van der Waals surface area contributed by atoms with Crippen LogP contribution in [0.1, 0.15) is 5.56 Å². The number of amidine groups is 1. The van der Waals surface area contributed by atoms with Gasteiger partial charge >= 0.3 is 0 Å². The number of carbonyl (C=O) groups is 1. The van der Waals surface area contributed by atoms with E-state index in [9.17, 15) is 9.18 Å². The van der Waals surface area contributed by atoms with Crippen molar-refractivity contribution in [1.82, 2.24) is 5.32 Å². The molecule has 0 atom stereocenters. The Morgan fingerprint density at radius 1 is 1.05 bits per heavy atom. The molecule has 2 aromatic carbocycles. The fraction of sp³-hybridized carbons (Fsp3) is 0.0625. The van der Waals surface area contributed by atoms with Crippen LogP contribution in [-0.2, 0) is 4.79 Å². The Morgan fingerprint density at radius 2 is 1.68 bits per heavy atom. The highest BCUT2D eigenvalue weighted by Gasteiger charge is 2.15. The standard InChI is InChI=1S/C16H12FN3OS/c17-14-7-5-13(6-8-14)12-3-1-11(2-4-12)9-18-20-16-19-15(21)10-22-16/h1-9H,10H2,(H,19,20,21). The number of benzene rings is 2. The molecule has 110 valence electrons. The van der Waals surface area contributed by atoms with Crippen LogP contribution in [0.2, 0.25) is 0 Å². The summed E-state index contributed by atoms with van der Waals surface area (Å²) in [6.45, 7) is 0. The predicted molar refractivity (Wildman–Crippen MR) is 87.5 cm³/mol. The molecule has 0 aliphatic carbocycles. The van der Waals surface area contributed by atoms with Crippen molar-refractivity contribution < 1.29 is 9.18 Å². The molecule has 6 heteroatoms. The molecular formula is C16H12FN3OS. The molecule has 0 spiro atoms. The van der Waals surface area contributed by atoms with Gasteiger partial charge < -0.3 is 5.32 Å². The topological polar surface area (TPSA) is 53.8 Å². The van der Waals surface area contributed by atoms with Crippen molar-refractivity contribution in [3.8, 4) is 11.1 Å². The largest absolute Gasteiger partial charge is 0.303 e. The number of nitrogens with one attached hydrogen (secondary N) is 1. The van der Waals surface area contributed by atoms with E-state index in [4.69, 9.17) is 0 Å². The van der Waals surface area contributed by atoms with Gasteiger partial charge in [-0.1, -0.05) is 48.2 Å². The van der Waals surface area contributed by atoms with Crippen molar-refractivity contribution in [3.63, 3.8) is 0 Å². The van der Waals surface area contributed by atoms with E-state index in [0.717, 1.165) is 16.7 Å². The Bertz CT molecular complexity index is 739. The van der Waals surface area contributed by atoms with Gasteiger partial charge in [-0.05, 0) is 28.8 Å². The Labute approximate surface area is 131 Å². The van der Waals surface area contributed by atoms with Gasteiger partial charge in [0.25, 0.3) is 0 Å². The molecule has 1 aliphatic rings. The number of hydrogen-bond acceptors (Lipinski definition) is 4. The summed E-state index contributed by atoms with van der Waals surface area (Å²) in [5.41, 5.74) is 2.85. The average Bonchev–Trinajstić information content (AvgIpc) is 2.94. The minimum Gasteiger partial charge on any atom is -0.303 e. The van der Waals surface area contributed by atoms with Crippen molar-refractivity contribution in [1.29, 1.82) is 0 Å². The van der Waals surface area contributed by atoms with Gasteiger partial charge in [0, 0.05) is 0 Å². The first-order chi connectivity index (χ1) is 10.7. The Balaban J connectivity index is 1.69. The molecule has 1 N–H and O–H groups in total. The third-order valence-electron chi connectivity index (χ3n) is 3.03. The molecule has 0 saturated carbocycles. The maximum absolute atomic E-state index is 12.9. The molecule has 0 unspecified atom stereocenters. The van der Waals surface area contributed by atoms with E-state index in [1.165, 1.54) is 23.9 Å². The molecule has 2 aromatic rings. The average molecular weight is 313 g/mol. The quantitative estimate of drug-likeness (QED) is 0.699. The van der Waals surface area contributed by atoms with E-state index in [0.29, 0.717) is 10.9 Å². The van der Waals surface area contributed by atoms with Crippen molar-refractivity contribution >= 4 is 29.1 Å². The van der Waals surface area contributed by atoms with Gasteiger partial charge in [0.1, 0.15) is 5.82 Å². The van der Waals surface area contributed by atoms with Crippen LogP contribution in [0.4, 0.5) is 4.39 Å². The van der Waals surface area contributed by atoms with Crippen LogP contribution in [0.15, 0.2) is 58.7 Å². The number of amides is 1. The molecule has 22 heavy (non-hydrogen) atoms. The van der Waals surface area contributed by atoms with Crippen molar-refractivity contribution in [2.24, 2.45) is 10.2 Å². The van der Waals surface area contributed by atoms with Crippen LogP contribution in [-0.4, -0.2) is 23.0 Å². The molecule has 1 amide bonds. The van der Waals surface area contributed by atoms with E-state index >= 15 is 0 Å². The van der Waals surface area contributed by atoms with E-state index < -0.39 is 0 Å². The minimum absolute atomic E-state index is 0.0531. The maximum atomic E-state index is 12.9. The van der Waals surface area contributed by atoms with Crippen LogP contribution in [0.3, 0.4) is 0 Å². The lowest BCUT2D eigenvalue weighted by Crippen LogP contribution is -2.19. The third kappa shape index (κ3) is 3.59. The summed E-state index contributed by atoms with van der Waals surface area (Å²) >= 11 is 1.33. The summed E-state index contributed by atoms with van der Waals surface area (Å²) in [4.78, 5) is 11.0. The second-order valence-electron chi connectivity index (χ2n) is 4.62. The smallest absolute Gasteiger partial charge is 0.236 e. The molecule has 4 nitrogen and oxygen atoms in total. The van der Waals surface area contributed by atoms with Gasteiger partial charge in [-0.3, -0.25) is 4.79 Å². The van der Waals surface area contributed by atoms with Gasteiger partial charge in [-0.15, -0.1) is 5.10 Å². The molecule has 1 aliphatic heterocycles. The number of carbonyl (C=O) groups excluding carboxylic acids is 1. The predicted octanol–water partition coefficient (Wildman–Crippen LogP) is 3.05. The first kappa shape index (κ1) is 14.5. The molecule has 3 rings (SSSR count). The maximum Gasteiger partial charge on any atom is 0.236 e. The highest BCUT2D eigenvalue weighted by molar-refractivity contribution is 8.15. The molecule has 1 saturated heterocycles. The second-order valence-corrected chi connectivity index (χ2v) is 5.58. The fourth-order valence-electron chi connectivity index (χ4n) is 1.93. The van der Waals surface area contributed by atoms with Crippen molar-refractivity contribution in [3.05, 3.63) is 59.9 Å². The third-order valence-corrected chi connectivity index (χ3v) is 3.89. The van der Waals surface area contributed by atoms with E-state index in [1.807, 2.05) is 24.3 Å². The molecule has 0 radical (unpaired) electrons. The minimum atomic E-state index is -0.247. The number of nitrogens with zero attached hydrogens (tertiary/aromatic N) is 2. The summed E-state index contributed by atoms with van der Waals surface area (Å²) in [5, 5.41) is 11.0. The van der Waals surface area contributed by atoms with Crippen LogP contribution >= 0.6 is 11.8 Å². The lowest BCUT2D eigenvalue weighted by molar-refractivity contribution is -0.116. The first-order valence-electron chi connectivity index (χ1n) is 6.60. The second kappa shape index (κ2) is 6.53. The van der Waals surface area contributed by atoms with Crippen LogP contribution in [0, 0.1) is 5.82 Å². The van der Waals surface area contributed by atoms with E-state index in [2.05, 4.69) is 15.5 Å². The van der Waals surface area contributed by atoms with E-state index in [-0.39, 0.29) is 11.7 Å². The van der Waals surface area contributed by atoms with Crippen LogP contribution in [0.25, 0.3) is 11.1 Å². The number of rotatable bonds is 3. The molecular weight excluding hydrogens is 301 g/mol. The number of thioether (sulfide) groups is 1. The molecule has 0 aromatic heterocycles. The molecule has 0 bridgehead atoms. The Hall–Kier alpha value is -2.47. The number of hydrogen-bond donors (Lipinski definition) is 1.